The Bertz CT molecular complexity index is 982. The number of aromatic nitrogens is 3. The lowest BCUT2D eigenvalue weighted by atomic mass is 9.96. The molecule has 2 aliphatic rings. The van der Waals surface area contributed by atoms with Crippen LogP contribution in [0.3, 0.4) is 0 Å². The molecule has 0 bridgehead atoms. The van der Waals surface area contributed by atoms with Crippen LogP contribution < -0.4 is 15.4 Å². The molecule has 7 nitrogen and oxygen atoms in total. The summed E-state index contributed by atoms with van der Waals surface area (Å²) in [7, 11) is 1.48. The van der Waals surface area contributed by atoms with Gasteiger partial charge >= 0.3 is 12.2 Å². The molecule has 4 heterocycles. The van der Waals surface area contributed by atoms with E-state index < -0.39 is 17.8 Å². The molecule has 1 saturated heterocycles. The van der Waals surface area contributed by atoms with E-state index in [4.69, 9.17) is 15.2 Å². The second-order valence-electron chi connectivity index (χ2n) is 8.28. The van der Waals surface area contributed by atoms with Crippen molar-refractivity contribution in [2.45, 2.75) is 52.0 Å². The van der Waals surface area contributed by atoms with Crippen molar-refractivity contribution in [3.05, 3.63) is 34.1 Å². The van der Waals surface area contributed by atoms with E-state index in [1.165, 1.54) is 20.1 Å². The van der Waals surface area contributed by atoms with Gasteiger partial charge in [-0.2, -0.15) is 23.1 Å². The van der Waals surface area contributed by atoms with Crippen molar-refractivity contribution in [3.63, 3.8) is 0 Å². The van der Waals surface area contributed by atoms with E-state index in [2.05, 4.69) is 26.8 Å². The van der Waals surface area contributed by atoms with Gasteiger partial charge in [0.05, 0.1) is 30.7 Å². The van der Waals surface area contributed by atoms with Crippen molar-refractivity contribution in [1.82, 2.24) is 15.0 Å². The smallest absolute Gasteiger partial charge is 0.418 e. The third-order valence-electron chi connectivity index (χ3n) is 5.85. The van der Waals surface area contributed by atoms with Gasteiger partial charge in [0, 0.05) is 25.1 Å². The van der Waals surface area contributed by atoms with E-state index in [0.29, 0.717) is 11.6 Å². The van der Waals surface area contributed by atoms with Crippen LogP contribution in [-0.2, 0) is 23.9 Å². The minimum Gasteiger partial charge on any atom is -0.467 e. The number of alkyl halides is 3. The lowest BCUT2D eigenvalue weighted by Crippen LogP contribution is -2.36. The maximum Gasteiger partial charge on any atom is 0.418 e. The van der Waals surface area contributed by atoms with Gasteiger partial charge in [-0.15, -0.1) is 0 Å². The highest BCUT2D eigenvalue weighted by molar-refractivity contribution is 5.52. The van der Waals surface area contributed by atoms with E-state index in [-0.39, 0.29) is 36.1 Å². The van der Waals surface area contributed by atoms with Gasteiger partial charge in [-0.05, 0) is 37.3 Å². The van der Waals surface area contributed by atoms with Crippen molar-refractivity contribution in [3.8, 4) is 6.01 Å². The van der Waals surface area contributed by atoms with Crippen molar-refractivity contribution in [2.24, 2.45) is 5.92 Å². The number of hydrogen-bond donors (Lipinski definition) is 1. The molecule has 2 aromatic heterocycles. The molecule has 1 fully saturated rings. The van der Waals surface area contributed by atoms with Gasteiger partial charge in [-0.25, -0.2) is 4.98 Å². The number of methoxy groups -OCH3 is 1. The van der Waals surface area contributed by atoms with E-state index in [1.807, 2.05) is 0 Å². The quantitative estimate of drug-likeness (QED) is 0.781. The Kier molecular flexibility index (Phi) is 5.67. The van der Waals surface area contributed by atoms with E-state index in [0.717, 1.165) is 37.3 Å². The molecular weight excluding hydrogens is 411 g/mol. The summed E-state index contributed by atoms with van der Waals surface area (Å²) in [6, 6.07) is 1.42. The van der Waals surface area contributed by atoms with Crippen molar-refractivity contribution >= 4 is 11.6 Å². The predicted octanol–water partition coefficient (Wildman–Crippen LogP) is 3.84. The molecule has 2 aromatic rings. The van der Waals surface area contributed by atoms with Gasteiger partial charge in [-0.1, -0.05) is 6.92 Å². The number of halogens is 3. The van der Waals surface area contributed by atoms with Crippen LogP contribution in [0.15, 0.2) is 6.07 Å². The number of fused-ring (bicyclic) bond motifs is 1. The monoisotopic (exact) mass is 437 g/mol. The second-order valence-corrected chi connectivity index (χ2v) is 8.28. The Morgan fingerprint density at radius 2 is 2.03 bits per heavy atom. The van der Waals surface area contributed by atoms with E-state index in [1.54, 1.807) is 0 Å². The number of nitrogens with two attached hydrogens (primary N) is 1. The minimum atomic E-state index is -4.57. The van der Waals surface area contributed by atoms with Crippen LogP contribution in [0, 0.1) is 12.8 Å². The Labute approximate surface area is 178 Å². The molecule has 2 atom stereocenters. The first-order valence-corrected chi connectivity index (χ1v) is 10.3. The first-order chi connectivity index (χ1) is 14.7. The minimum absolute atomic E-state index is 0.0210. The fourth-order valence-corrected chi connectivity index (χ4v) is 4.47. The zero-order valence-electron chi connectivity index (χ0n) is 17.8. The number of hydrogen-bond acceptors (Lipinski definition) is 7. The molecule has 2 unspecified atom stereocenters. The number of rotatable bonds is 3. The van der Waals surface area contributed by atoms with Gasteiger partial charge in [0.2, 0.25) is 0 Å². The first kappa shape index (κ1) is 21.6. The third-order valence-corrected chi connectivity index (χ3v) is 5.85. The normalized spacial score (nSPS) is 21.7. The molecule has 0 saturated carbocycles. The van der Waals surface area contributed by atoms with Crippen LogP contribution in [0.5, 0.6) is 6.01 Å². The Morgan fingerprint density at radius 1 is 1.26 bits per heavy atom. The Hall–Kier alpha value is -2.62. The largest absolute Gasteiger partial charge is 0.467 e. The SMILES string of the molecule is COc1nc2c(c(N3CCCC(C)C3)n1)COC(c1nc(N)cc(C)c1C(F)(F)F)C2. The highest BCUT2D eigenvalue weighted by atomic mass is 19.4. The van der Waals surface area contributed by atoms with Crippen molar-refractivity contribution in [1.29, 1.82) is 0 Å². The highest BCUT2D eigenvalue weighted by Gasteiger charge is 2.40. The van der Waals surface area contributed by atoms with Crippen LogP contribution in [0.2, 0.25) is 0 Å². The summed E-state index contributed by atoms with van der Waals surface area (Å²) >= 11 is 0. The molecular formula is C21H26F3N5O2. The second kappa shape index (κ2) is 8.14. The molecule has 0 radical (unpaired) electrons. The Morgan fingerprint density at radius 3 is 2.71 bits per heavy atom. The number of nitrogen functional groups attached to an aromatic ring is 1. The van der Waals surface area contributed by atoms with Crippen LogP contribution in [0.25, 0.3) is 0 Å². The maximum absolute atomic E-state index is 13.8. The molecule has 0 amide bonds. The van der Waals surface area contributed by atoms with E-state index in [9.17, 15) is 13.2 Å². The zero-order valence-corrected chi connectivity index (χ0v) is 17.8. The highest BCUT2D eigenvalue weighted by Crippen LogP contribution is 2.41. The average molecular weight is 437 g/mol. The summed E-state index contributed by atoms with van der Waals surface area (Å²) in [6.45, 7) is 5.37. The van der Waals surface area contributed by atoms with E-state index >= 15 is 0 Å². The van der Waals surface area contributed by atoms with Gasteiger partial charge in [0.1, 0.15) is 17.7 Å². The fraction of sp³-hybridized carbons (Fsp3) is 0.571. The predicted molar refractivity (Wildman–Crippen MR) is 109 cm³/mol. The number of aryl methyl sites for hydroxylation is 1. The van der Waals surface area contributed by atoms with Crippen molar-refractivity contribution in [2.75, 3.05) is 30.8 Å². The van der Waals surface area contributed by atoms with Crippen LogP contribution in [0.1, 0.15) is 53.9 Å². The molecule has 4 rings (SSSR count). The molecule has 168 valence electrons. The van der Waals surface area contributed by atoms with Crippen LogP contribution in [0.4, 0.5) is 24.8 Å². The number of pyridine rings is 1. The Balaban J connectivity index is 1.74. The van der Waals surface area contributed by atoms with Gasteiger partial charge in [0.25, 0.3) is 0 Å². The molecule has 0 aliphatic carbocycles. The van der Waals surface area contributed by atoms with Crippen molar-refractivity contribution < 1.29 is 22.6 Å². The molecule has 10 heteroatoms. The molecule has 2 N–H and O–H groups in total. The topological polar surface area (TPSA) is 86.4 Å². The van der Waals surface area contributed by atoms with Gasteiger partial charge in [0.15, 0.2) is 0 Å². The fourth-order valence-electron chi connectivity index (χ4n) is 4.47. The number of piperidine rings is 1. The number of anilines is 2. The standard InChI is InChI=1S/C21H26F3N5O2/c1-11-5-4-6-29(9-11)19-13-10-31-15(8-14(13)26-20(28-19)30-3)18-17(21(22,23)24)12(2)7-16(25)27-18/h7,11,15H,4-6,8-10H2,1-3H3,(H2,25,27). The summed E-state index contributed by atoms with van der Waals surface area (Å²) < 4.78 is 52.5. The first-order valence-electron chi connectivity index (χ1n) is 10.3. The molecule has 31 heavy (non-hydrogen) atoms. The van der Waals surface area contributed by atoms with Gasteiger partial charge < -0.3 is 20.1 Å². The molecule has 2 aliphatic heterocycles. The summed E-state index contributed by atoms with van der Waals surface area (Å²) in [5.41, 5.74) is 6.19. The number of nitrogens with zero attached hydrogens (tertiary/aromatic N) is 4. The lowest BCUT2D eigenvalue weighted by Gasteiger charge is -2.35. The summed E-state index contributed by atoms with van der Waals surface area (Å²) in [6.07, 6.45) is -3.15. The van der Waals surface area contributed by atoms with Crippen LogP contribution >= 0.6 is 0 Å². The summed E-state index contributed by atoms with van der Waals surface area (Å²) in [4.78, 5) is 15.2. The lowest BCUT2D eigenvalue weighted by molar-refractivity contribution is -0.140. The van der Waals surface area contributed by atoms with Crippen LogP contribution in [-0.4, -0.2) is 35.2 Å². The summed E-state index contributed by atoms with van der Waals surface area (Å²) in [5.74, 6) is 1.29. The molecule has 0 aromatic carbocycles. The zero-order chi connectivity index (χ0) is 22.3. The summed E-state index contributed by atoms with van der Waals surface area (Å²) in [5, 5.41) is 0. The number of ether oxygens (including phenoxy) is 2. The average Bonchev–Trinajstić information content (AvgIpc) is 2.70. The third kappa shape index (κ3) is 4.26. The maximum atomic E-state index is 13.8. The van der Waals surface area contributed by atoms with Gasteiger partial charge in [-0.3, -0.25) is 0 Å². The molecule has 0 spiro atoms.